The van der Waals surface area contributed by atoms with E-state index in [-0.39, 0.29) is 6.42 Å². The Balaban J connectivity index is 3.77. The monoisotopic (exact) mass is 272 g/mol. The van der Waals surface area contributed by atoms with Gasteiger partial charge in [-0.3, -0.25) is 9.36 Å². The molecule has 0 aromatic heterocycles. The molecule has 5 heteroatoms. The first-order chi connectivity index (χ1) is 8.45. The van der Waals surface area contributed by atoms with Crippen molar-refractivity contribution >= 4 is 14.4 Å². The number of carbonyl (C=O) groups is 1. The summed E-state index contributed by atoms with van der Waals surface area (Å²) in [5.41, 5.74) is 0.894. The number of ether oxygens (including phenoxy) is 1. The number of carbonyl (C=O) groups excluding carboxylic acids is 1. The highest BCUT2D eigenvalue weighted by molar-refractivity contribution is 7.24. The number of allylic oxidation sites excluding steroid dienone is 2. The number of aliphatic hydroxyl groups is 1. The topological polar surface area (TPSA) is 63.6 Å². The summed E-state index contributed by atoms with van der Waals surface area (Å²) in [5.74, 6) is -1.13. The molecular formula is C13H21O4P. The molecule has 0 saturated heterocycles. The summed E-state index contributed by atoms with van der Waals surface area (Å²) < 4.78 is 14.9. The predicted molar refractivity (Wildman–Crippen MR) is 71.3 cm³/mol. The van der Waals surface area contributed by atoms with Crippen molar-refractivity contribution < 1.29 is 19.2 Å². The Kier molecular flexibility index (Phi) is 9.43. The summed E-state index contributed by atoms with van der Waals surface area (Å²) in [6, 6.07) is 0. The molecule has 0 fully saturated rings. The van der Waals surface area contributed by atoms with Gasteiger partial charge >= 0.3 is 5.97 Å². The normalized spacial score (nSPS) is 13.1. The molecule has 102 valence electrons. The van der Waals surface area contributed by atoms with Crippen molar-refractivity contribution in [2.24, 2.45) is 5.92 Å². The molecule has 0 spiro atoms. The summed E-state index contributed by atoms with van der Waals surface area (Å²) in [6.07, 6.45) is 5.68. The standard InChI is InChI=1S/C13H21O4P/c1-10(2)5-4-6-11(3)7-8-17-12(14)9-13(15)18-16/h7-8,10,13,15H,3-6,9H2,1-2H3. The van der Waals surface area contributed by atoms with Crippen LogP contribution in [0.25, 0.3) is 0 Å². The van der Waals surface area contributed by atoms with E-state index < -0.39 is 20.3 Å². The third-order valence-electron chi connectivity index (χ3n) is 2.25. The van der Waals surface area contributed by atoms with Gasteiger partial charge < -0.3 is 9.84 Å². The van der Waals surface area contributed by atoms with Gasteiger partial charge in [-0.1, -0.05) is 32.4 Å². The van der Waals surface area contributed by atoms with Crippen LogP contribution in [0, 0.1) is 5.92 Å². The maximum Gasteiger partial charge on any atom is 0.314 e. The lowest BCUT2D eigenvalue weighted by molar-refractivity contribution is -0.139. The Bertz CT molecular complexity index is 310. The molecule has 0 bridgehead atoms. The van der Waals surface area contributed by atoms with E-state index in [2.05, 4.69) is 20.4 Å². The van der Waals surface area contributed by atoms with Gasteiger partial charge in [-0.25, -0.2) is 0 Å². The molecule has 1 N–H and O–H groups in total. The second-order valence-electron chi connectivity index (χ2n) is 4.53. The minimum atomic E-state index is -1.19. The lowest BCUT2D eigenvalue weighted by atomic mass is 10.0. The highest BCUT2D eigenvalue weighted by atomic mass is 31.1. The van der Waals surface area contributed by atoms with E-state index in [0.29, 0.717) is 5.92 Å². The Labute approximate surface area is 110 Å². The molecular weight excluding hydrogens is 251 g/mol. The minimum absolute atomic E-state index is 0.283. The second-order valence-corrected chi connectivity index (χ2v) is 5.33. The van der Waals surface area contributed by atoms with Gasteiger partial charge in [0.25, 0.3) is 0 Å². The highest BCUT2D eigenvalue weighted by Gasteiger charge is 2.10. The molecule has 1 unspecified atom stereocenters. The van der Waals surface area contributed by atoms with Crippen LogP contribution in [-0.2, 0) is 14.1 Å². The summed E-state index contributed by atoms with van der Waals surface area (Å²) in [5, 5.41) is 8.94. The van der Waals surface area contributed by atoms with Crippen LogP contribution in [0.2, 0.25) is 0 Å². The van der Waals surface area contributed by atoms with Gasteiger partial charge in [0.1, 0.15) is 5.85 Å². The van der Waals surface area contributed by atoms with Gasteiger partial charge in [-0.2, -0.15) is 0 Å². The maximum absolute atomic E-state index is 11.1. The Morgan fingerprint density at radius 2 is 2.17 bits per heavy atom. The number of rotatable bonds is 9. The molecule has 0 aliphatic rings. The molecule has 0 aliphatic heterocycles. The minimum Gasteiger partial charge on any atom is -0.434 e. The first-order valence-electron chi connectivity index (χ1n) is 6.00. The zero-order chi connectivity index (χ0) is 14.0. The van der Waals surface area contributed by atoms with E-state index >= 15 is 0 Å². The van der Waals surface area contributed by atoms with Gasteiger partial charge in [0.15, 0.2) is 8.46 Å². The summed E-state index contributed by atoms with van der Waals surface area (Å²) in [6.45, 7) is 8.18. The van der Waals surface area contributed by atoms with Crippen molar-refractivity contribution in [2.45, 2.75) is 45.4 Å². The Morgan fingerprint density at radius 1 is 1.50 bits per heavy atom. The fourth-order valence-corrected chi connectivity index (χ4v) is 1.48. The quantitative estimate of drug-likeness (QED) is 0.302. The number of hydrogen-bond donors (Lipinski definition) is 1. The fraction of sp³-hybridized carbons (Fsp3) is 0.615. The molecule has 0 aromatic carbocycles. The average Bonchev–Trinajstić information content (AvgIpc) is 2.28. The number of esters is 1. The zero-order valence-corrected chi connectivity index (χ0v) is 11.9. The lowest BCUT2D eigenvalue weighted by Crippen LogP contribution is -2.08. The van der Waals surface area contributed by atoms with Crippen LogP contribution in [0.4, 0.5) is 0 Å². The van der Waals surface area contributed by atoms with Crippen LogP contribution >= 0.6 is 8.46 Å². The molecule has 0 saturated carbocycles. The smallest absolute Gasteiger partial charge is 0.314 e. The predicted octanol–water partition coefficient (Wildman–Crippen LogP) is 3.43. The third-order valence-corrected chi connectivity index (χ3v) is 2.68. The van der Waals surface area contributed by atoms with Gasteiger partial charge in [0, 0.05) is 0 Å². The van der Waals surface area contributed by atoms with Gasteiger partial charge in [-0.05, 0) is 24.8 Å². The fourth-order valence-electron chi connectivity index (χ4n) is 1.26. The largest absolute Gasteiger partial charge is 0.434 e. The molecule has 0 aliphatic carbocycles. The van der Waals surface area contributed by atoms with Crippen molar-refractivity contribution in [1.29, 1.82) is 0 Å². The van der Waals surface area contributed by atoms with Crippen LogP contribution in [0.15, 0.2) is 24.5 Å². The molecule has 0 radical (unpaired) electrons. The van der Waals surface area contributed by atoms with Crippen molar-refractivity contribution in [1.82, 2.24) is 0 Å². The highest BCUT2D eigenvalue weighted by Crippen LogP contribution is 2.12. The Hall–Kier alpha value is -0.990. The van der Waals surface area contributed by atoms with Crippen LogP contribution in [-0.4, -0.2) is 16.9 Å². The second kappa shape index (κ2) is 9.98. The van der Waals surface area contributed by atoms with E-state index in [0.717, 1.165) is 24.8 Å². The zero-order valence-electron chi connectivity index (χ0n) is 11.0. The van der Waals surface area contributed by atoms with E-state index in [1.165, 1.54) is 6.26 Å². The first-order valence-corrected chi connectivity index (χ1v) is 6.88. The van der Waals surface area contributed by atoms with Crippen molar-refractivity contribution in [2.75, 3.05) is 0 Å². The Morgan fingerprint density at radius 3 is 2.72 bits per heavy atom. The van der Waals surface area contributed by atoms with Gasteiger partial charge in [-0.15, -0.1) is 0 Å². The molecule has 18 heavy (non-hydrogen) atoms. The SMILES string of the molecule is C=C(C=COC(=O)CC(O)P=O)CCCC(C)C. The first kappa shape index (κ1) is 17.0. The van der Waals surface area contributed by atoms with Gasteiger partial charge in [0.2, 0.25) is 0 Å². The number of aliphatic hydroxyl groups excluding tert-OH is 1. The average molecular weight is 272 g/mol. The van der Waals surface area contributed by atoms with E-state index in [1.807, 2.05) is 0 Å². The molecule has 0 amide bonds. The molecule has 0 rings (SSSR count). The van der Waals surface area contributed by atoms with Crippen molar-refractivity contribution in [3.63, 3.8) is 0 Å². The van der Waals surface area contributed by atoms with E-state index in [4.69, 9.17) is 9.84 Å². The molecule has 1 atom stereocenters. The van der Waals surface area contributed by atoms with E-state index in [9.17, 15) is 9.36 Å². The van der Waals surface area contributed by atoms with Crippen LogP contribution in [0.5, 0.6) is 0 Å². The third kappa shape index (κ3) is 10.2. The van der Waals surface area contributed by atoms with Crippen LogP contribution < -0.4 is 0 Å². The van der Waals surface area contributed by atoms with Gasteiger partial charge in [0.05, 0.1) is 12.7 Å². The van der Waals surface area contributed by atoms with Crippen LogP contribution in [0.1, 0.15) is 39.5 Å². The van der Waals surface area contributed by atoms with Crippen molar-refractivity contribution in [3.8, 4) is 0 Å². The summed E-state index contributed by atoms with van der Waals surface area (Å²) in [4.78, 5) is 11.1. The van der Waals surface area contributed by atoms with Crippen LogP contribution in [0.3, 0.4) is 0 Å². The number of hydrogen-bond acceptors (Lipinski definition) is 4. The van der Waals surface area contributed by atoms with Crippen molar-refractivity contribution in [3.05, 3.63) is 24.5 Å². The lowest BCUT2D eigenvalue weighted by Gasteiger charge is -2.04. The maximum atomic E-state index is 11.1. The van der Waals surface area contributed by atoms with E-state index in [1.54, 1.807) is 6.08 Å². The molecule has 4 nitrogen and oxygen atoms in total. The molecule has 0 aromatic rings. The molecule has 0 heterocycles. The summed E-state index contributed by atoms with van der Waals surface area (Å²) in [7, 11) is -0.473. The summed E-state index contributed by atoms with van der Waals surface area (Å²) >= 11 is 0.